The summed E-state index contributed by atoms with van der Waals surface area (Å²) < 4.78 is 0. The number of amides is 1. The number of hydrogen-bond acceptors (Lipinski definition) is 5. The van der Waals surface area contributed by atoms with Gasteiger partial charge in [0.05, 0.1) is 11.7 Å². The van der Waals surface area contributed by atoms with Gasteiger partial charge in [-0.15, -0.1) is 0 Å². The molecule has 6 heteroatoms. The molecule has 37 heavy (non-hydrogen) atoms. The monoisotopic (exact) mass is 492 g/mol. The number of aryl methyl sites for hydroxylation is 2. The molecule has 1 aliphatic heterocycles. The van der Waals surface area contributed by atoms with Crippen molar-refractivity contribution in [2.75, 3.05) is 18.0 Å². The van der Waals surface area contributed by atoms with Crippen LogP contribution < -0.4 is 10.3 Å². The minimum absolute atomic E-state index is 0.493. The standard InChI is InChI=1S/C31H32N4O2/c1-22-10-8-13-26(18-22)31(37,27-14-9-11-23(2)19-27)30(36)34-32-21-25-20-24-12-4-5-15-28(24)33-29(25)35-16-6-3-7-17-35/h4-5,8-15,18-21,37H,3,6-7,16-17H2,1-2H3,(H,34,36). The second-order valence-electron chi connectivity index (χ2n) is 9.79. The lowest BCUT2D eigenvalue weighted by Crippen LogP contribution is -2.43. The number of nitrogens with one attached hydrogen (secondary N) is 1. The number of hydrazone groups is 1. The van der Waals surface area contributed by atoms with Gasteiger partial charge in [-0.1, -0.05) is 77.9 Å². The van der Waals surface area contributed by atoms with Crippen LogP contribution in [0.1, 0.15) is 47.1 Å². The molecule has 0 spiro atoms. The molecule has 188 valence electrons. The molecular formula is C31H32N4O2. The zero-order valence-corrected chi connectivity index (χ0v) is 21.3. The molecule has 1 saturated heterocycles. The van der Waals surface area contributed by atoms with Gasteiger partial charge in [0, 0.05) is 24.0 Å². The minimum Gasteiger partial charge on any atom is -0.372 e. The fourth-order valence-electron chi connectivity index (χ4n) is 4.99. The second kappa shape index (κ2) is 10.5. The molecule has 5 rings (SSSR count). The van der Waals surface area contributed by atoms with Gasteiger partial charge in [0.2, 0.25) is 0 Å². The van der Waals surface area contributed by atoms with E-state index in [2.05, 4.69) is 21.5 Å². The first-order valence-electron chi connectivity index (χ1n) is 12.8. The third-order valence-electron chi connectivity index (χ3n) is 6.96. The van der Waals surface area contributed by atoms with Crippen molar-refractivity contribution in [1.29, 1.82) is 0 Å². The zero-order chi connectivity index (χ0) is 25.8. The van der Waals surface area contributed by atoms with Crippen LogP contribution in [0.15, 0.2) is 84.0 Å². The van der Waals surface area contributed by atoms with Crippen LogP contribution in [0.3, 0.4) is 0 Å². The molecular weight excluding hydrogens is 460 g/mol. The van der Waals surface area contributed by atoms with Gasteiger partial charge in [0.1, 0.15) is 5.82 Å². The molecule has 2 heterocycles. The Bertz CT molecular complexity index is 1410. The highest BCUT2D eigenvalue weighted by molar-refractivity contribution is 5.95. The van der Waals surface area contributed by atoms with Gasteiger partial charge in [-0.3, -0.25) is 4.79 Å². The molecule has 1 amide bonds. The van der Waals surface area contributed by atoms with Crippen LogP contribution in [0.4, 0.5) is 5.82 Å². The summed E-state index contributed by atoms with van der Waals surface area (Å²) in [6.45, 7) is 5.76. The number of fused-ring (bicyclic) bond motifs is 1. The lowest BCUT2D eigenvalue weighted by molar-refractivity contribution is -0.136. The topological polar surface area (TPSA) is 77.8 Å². The highest BCUT2D eigenvalue weighted by atomic mass is 16.3. The average molecular weight is 493 g/mol. The van der Waals surface area contributed by atoms with E-state index in [1.165, 1.54) is 6.42 Å². The van der Waals surface area contributed by atoms with E-state index in [0.29, 0.717) is 11.1 Å². The lowest BCUT2D eigenvalue weighted by Gasteiger charge is -2.29. The SMILES string of the molecule is Cc1cccc(C(O)(C(=O)NN=Cc2cc3ccccc3nc2N2CCCCC2)c2cccc(C)c2)c1. The van der Waals surface area contributed by atoms with Crippen molar-refractivity contribution in [2.24, 2.45) is 5.10 Å². The normalized spacial score (nSPS) is 14.3. The second-order valence-corrected chi connectivity index (χ2v) is 9.79. The van der Waals surface area contributed by atoms with Gasteiger partial charge < -0.3 is 10.0 Å². The van der Waals surface area contributed by atoms with Gasteiger partial charge in [0.15, 0.2) is 5.60 Å². The number of pyridine rings is 1. The molecule has 4 aromatic rings. The third kappa shape index (κ3) is 5.11. The molecule has 3 aromatic carbocycles. The van der Waals surface area contributed by atoms with Crippen molar-refractivity contribution < 1.29 is 9.90 Å². The molecule has 0 atom stereocenters. The molecule has 1 aliphatic rings. The summed E-state index contributed by atoms with van der Waals surface area (Å²) in [4.78, 5) is 20.8. The maximum absolute atomic E-state index is 13.6. The lowest BCUT2D eigenvalue weighted by atomic mass is 9.84. The number of hydrogen-bond donors (Lipinski definition) is 2. The Morgan fingerprint density at radius 1 is 0.919 bits per heavy atom. The van der Waals surface area contributed by atoms with Gasteiger partial charge in [-0.2, -0.15) is 5.10 Å². The van der Waals surface area contributed by atoms with Gasteiger partial charge in [0.25, 0.3) is 5.91 Å². The first-order valence-corrected chi connectivity index (χ1v) is 12.8. The molecule has 1 aromatic heterocycles. The first kappa shape index (κ1) is 24.7. The predicted molar refractivity (Wildman–Crippen MR) is 149 cm³/mol. The van der Waals surface area contributed by atoms with Gasteiger partial charge >= 0.3 is 0 Å². The van der Waals surface area contributed by atoms with Gasteiger partial charge in [-0.05, 0) is 56.4 Å². The Hall–Kier alpha value is -4.03. The van der Waals surface area contributed by atoms with Crippen LogP contribution >= 0.6 is 0 Å². The maximum atomic E-state index is 13.6. The molecule has 0 aliphatic carbocycles. The third-order valence-corrected chi connectivity index (χ3v) is 6.96. The Labute approximate surface area is 217 Å². The van der Waals surface area contributed by atoms with Crippen molar-refractivity contribution in [2.45, 2.75) is 38.7 Å². The van der Waals surface area contributed by atoms with Crippen LogP contribution in [-0.2, 0) is 10.4 Å². The average Bonchev–Trinajstić information content (AvgIpc) is 2.92. The number of anilines is 1. The van der Waals surface area contributed by atoms with E-state index in [-0.39, 0.29) is 0 Å². The molecule has 0 bridgehead atoms. The molecule has 1 fully saturated rings. The Morgan fingerprint density at radius 2 is 1.57 bits per heavy atom. The van der Waals surface area contributed by atoms with Crippen LogP contribution in [0.5, 0.6) is 0 Å². The van der Waals surface area contributed by atoms with E-state index in [9.17, 15) is 9.90 Å². The Morgan fingerprint density at radius 3 is 2.22 bits per heavy atom. The molecule has 6 nitrogen and oxygen atoms in total. The largest absolute Gasteiger partial charge is 0.372 e. The van der Waals surface area contributed by atoms with Crippen LogP contribution in [-0.4, -0.2) is 35.3 Å². The fourth-order valence-corrected chi connectivity index (χ4v) is 4.99. The van der Waals surface area contributed by atoms with Crippen molar-refractivity contribution in [1.82, 2.24) is 10.4 Å². The minimum atomic E-state index is -1.90. The highest BCUT2D eigenvalue weighted by Gasteiger charge is 2.40. The number of aliphatic hydroxyl groups is 1. The van der Waals surface area contributed by atoms with Crippen molar-refractivity contribution in [3.63, 3.8) is 0 Å². The number of piperidine rings is 1. The number of para-hydroxylation sites is 1. The number of nitrogens with zero attached hydrogens (tertiary/aromatic N) is 3. The van der Waals surface area contributed by atoms with Crippen LogP contribution in [0.2, 0.25) is 0 Å². The van der Waals surface area contributed by atoms with Crippen LogP contribution in [0, 0.1) is 13.8 Å². The zero-order valence-electron chi connectivity index (χ0n) is 21.3. The first-order chi connectivity index (χ1) is 17.9. The van der Waals surface area contributed by atoms with E-state index >= 15 is 0 Å². The number of aromatic nitrogens is 1. The molecule has 0 radical (unpaired) electrons. The van der Waals surface area contributed by atoms with Crippen molar-refractivity contribution >= 4 is 28.8 Å². The van der Waals surface area contributed by atoms with Crippen molar-refractivity contribution in [3.8, 4) is 0 Å². The van der Waals surface area contributed by atoms with Crippen LogP contribution in [0.25, 0.3) is 10.9 Å². The quantitative estimate of drug-likeness (QED) is 0.285. The number of carbonyl (C=O) groups is 1. The summed E-state index contributed by atoms with van der Waals surface area (Å²) in [5.74, 6) is 0.247. The fraction of sp³-hybridized carbons (Fsp3) is 0.258. The molecule has 2 N–H and O–H groups in total. The number of carbonyl (C=O) groups excluding carboxylic acids is 1. The van der Waals surface area contributed by atoms with E-state index in [1.54, 1.807) is 18.3 Å². The summed E-state index contributed by atoms with van der Waals surface area (Å²) in [7, 11) is 0. The number of rotatable bonds is 6. The predicted octanol–water partition coefficient (Wildman–Crippen LogP) is 5.23. The van der Waals surface area contributed by atoms with E-state index in [4.69, 9.17) is 4.98 Å². The summed E-state index contributed by atoms with van der Waals surface area (Å²) >= 11 is 0. The summed E-state index contributed by atoms with van der Waals surface area (Å²) in [6.07, 6.45) is 5.11. The summed E-state index contributed by atoms with van der Waals surface area (Å²) in [5.41, 5.74) is 5.37. The Balaban J connectivity index is 1.49. The Kier molecular flexibility index (Phi) is 7.01. The number of benzene rings is 3. The van der Waals surface area contributed by atoms with Gasteiger partial charge in [-0.25, -0.2) is 10.4 Å². The molecule has 0 unspecified atom stereocenters. The van der Waals surface area contributed by atoms with E-state index in [0.717, 1.165) is 59.3 Å². The maximum Gasteiger partial charge on any atom is 0.281 e. The molecule has 0 saturated carbocycles. The highest BCUT2D eigenvalue weighted by Crippen LogP contribution is 2.31. The van der Waals surface area contributed by atoms with Crippen molar-refractivity contribution in [3.05, 3.63) is 107 Å². The van der Waals surface area contributed by atoms with E-state index < -0.39 is 11.5 Å². The summed E-state index contributed by atoms with van der Waals surface area (Å²) in [6, 6.07) is 24.8. The smallest absolute Gasteiger partial charge is 0.281 e. The summed E-state index contributed by atoms with van der Waals surface area (Å²) in [5, 5.41) is 17.2. The van der Waals surface area contributed by atoms with E-state index in [1.807, 2.05) is 74.5 Å².